The number of carbonyl (C=O) groups is 1. The van der Waals surface area contributed by atoms with E-state index in [0.717, 1.165) is 42.8 Å². The van der Waals surface area contributed by atoms with Crippen LogP contribution in [0.15, 0.2) is 24.3 Å². The first-order valence-corrected chi connectivity index (χ1v) is 11.6. The summed E-state index contributed by atoms with van der Waals surface area (Å²) in [5.74, 6) is 3.79. The molecular formula is C25H38O3. The Labute approximate surface area is 171 Å². The molecule has 156 valence electrons. The van der Waals surface area contributed by atoms with Gasteiger partial charge in [-0.05, 0) is 80.9 Å². The van der Waals surface area contributed by atoms with Crippen LogP contribution in [0.5, 0.6) is 5.75 Å². The fraction of sp³-hybridized carbons (Fsp3) is 0.720. The van der Waals surface area contributed by atoms with Crippen molar-refractivity contribution in [3.63, 3.8) is 0 Å². The Bertz CT molecular complexity index is 578. The van der Waals surface area contributed by atoms with Gasteiger partial charge in [-0.15, -0.1) is 0 Å². The molecule has 0 amide bonds. The highest BCUT2D eigenvalue weighted by molar-refractivity contribution is 5.72. The Morgan fingerprint density at radius 1 is 0.893 bits per heavy atom. The van der Waals surface area contributed by atoms with E-state index in [1.807, 2.05) is 19.1 Å². The largest absolute Gasteiger partial charge is 0.494 e. The third kappa shape index (κ3) is 5.99. The van der Waals surface area contributed by atoms with E-state index in [1.54, 1.807) is 0 Å². The second kappa shape index (κ2) is 10.9. The van der Waals surface area contributed by atoms with E-state index >= 15 is 0 Å². The van der Waals surface area contributed by atoms with Gasteiger partial charge in [0.25, 0.3) is 0 Å². The Hall–Kier alpha value is -1.51. The highest BCUT2D eigenvalue weighted by atomic mass is 16.5. The highest BCUT2D eigenvalue weighted by Gasteiger charge is 2.33. The summed E-state index contributed by atoms with van der Waals surface area (Å²) >= 11 is 0. The minimum Gasteiger partial charge on any atom is -0.494 e. The lowest BCUT2D eigenvalue weighted by atomic mass is 9.69. The SMILES string of the molecule is CCOc1ccc(CCOC(=O)C2CCC([C@H]3CC[C@H](CC)CC3)CC2)cc1. The van der Waals surface area contributed by atoms with E-state index in [0.29, 0.717) is 13.2 Å². The number of benzene rings is 1. The van der Waals surface area contributed by atoms with Gasteiger partial charge in [-0.1, -0.05) is 38.3 Å². The number of hydrogen-bond donors (Lipinski definition) is 0. The second-order valence-electron chi connectivity index (χ2n) is 8.80. The van der Waals surface area contributed by atoms with Crippen LogP contribution in [0.4, 0.5) is 0 Å². The van der Waals surface area contributed by atoms with Crippen molar-refractivity contribution in [2.24, 2.45) is 23.7 Å². The van der Waals surface area contributed by atoms with Crippen molar-refractivity contribution in [2.75, 3.05) is 13.2 Å². The van der Waals surface area contributed by atoms with Crippen LogP contribution < -0.4 is 4.74 Å². The summed E-state index contributed by atoms with van der Waals surface area (Å²) in [6, 6.07) is 8.07. The molecule has 0 N–H and O–H groups in total. The molecule has 1 aromatic carbocycles. The minimum absolute atomic E-state index is 0.0269. The van der Waals surface area contributed by atoms with Gasteiger partial charge in [-0.2, -0.15) is 0 Å². The van der Waals surface area contributed by atoms with Crippen LogP contribution in [0.2, 0.25) is 0 Å². The molecule has 0 aliphatic heterocycles. The first-order chi connectivity index (χ1) is 13.7. The molecule has 0 saturated heterocycles. The van der Waals surface area contributed by atoms with Crippen molar-refractivity contribution >= 4 is 5.97 Å². The summed E-state index contributed by atoms with van der Waals surface area (Å²) in [6.45, 7) is 5.47. The van der Waals surface area contributed by atoms with Gasteiger partial charge >= 0.3 is 5.97 Å². The zero-order valence-electron chi connectivity index (χ0n) is 17.8. The fourth-order valence-electron chi connectivity index (χ4n) is 5.20. The third-order valence-electron chi connectivity index (χ3n) is 7.11. The molecule has 2 fully saturated rings. The molecule has 3 nitrogen and oxygen atoms in total. The Morgan fingerprint density at radius 3 is 2.07 bits per heavy atom. The fourth-order valence-corrected chi connectivity index (χ4v) is 5.20. The molecule has 0 heterocycles. The Kier molecular flexibility index (Phi) is 8.24. The van der Waals surface area contributed by atoms with Gasteiger partial charge in [0.05, 0.1) is 19.1 Å². The van der Waals surface area contributed by atoms with Gasteiger partial charge < -0.3 is 9.47 Å². The maximum absolute atomic E-state index is 12.5. The monoisotopic (exact) mass is 386 g/mol. The van der Waals surface area contributed by atoms with Crippen molar-refractivity contribution in [3.05, 3.63) is 29.8 Å². The van der Waals surface area contributed by atoms with Crippen LogP contribution in [0.25, 0.3) is 0 Å². The van der Waals surface area contributed by atoms with Crippen molar-refractivity contribution in [1.29, 1.82) is 0 Å². The van der Waals surface area contributed by atoms with Crippen LogP contribution in [-0.4, -0.2) is 19.2 Å². The lowest BCUT2D eigenvalue weighted by Crippen LogP contribution is -2.29. The van der Waals surface area contributed by atoms with Crippen LogP contribution >= 0.6 is 0 Å². The van der Waals surface area contributed by atoms with Gasteiger partial charge in [0.15, 0.2) is 0 Å². The van der Waals surface area contributed by atoms with Gasteiger partial charge in [-0.3, -0.25) is 4.79 Å². The summed E-state index contributed by atoms with van der Waals surface area (Å²) < 4.78 is 11.1. The number of hydrogen-bond acceptors (Lipinski definition) is 3. The first kappa shape index (κ1) is 21.2. The molecule has 0 aromatic heterocycles. The predicted octanol–water partition coefficient (Wildman–Crippen LogP) is 6.19. The zero-order chi connectivity index (χ0) is 19.8. The van der Waals surface area contributed by atoms with E-state index in [1.165, 1.54) is 50.5 Å². The van der Waals surface area contributed by atoms with Crippen LogP contribution in [0.3, 0.4) is 0 Å². The third-order valence-corrected chi connectivity index (χ3v) is 7.11. The Morgan fingerprint density at radius 2 is 1.50 bits per heavy atom. The maximum atomic E-state index is 12.5. The molecule has 0 radical (unpaired) electrons. The first-order valence-electron chi connectivity index (χ1n) is 11.6. The number of rotatable bonds is 8. The van der Waals surface area contributed by atoms with Crippen LogP contribution in [0.1, 0.15) is 77.2 Å². The molecule has 3 heteroatoms. The molecule has 0 bridgehead atoms. The maximum Gasteiger partial charge on any atom is 0.308 e. The molecule has 1 aromatic rings. The molecule has 0 atom stereocenters. The molecule has 0 unspecified atom stereocenters. The quantitative estimate of drug-likeness (QED) is 0.499. The van der Waals surface area contributed by atoms with Crippen molar-refractivity contribution in [3.8, 4) is 5.75 Å². The normalized spacial score (nSPS) is 27.9. The molecule has 3 rings (SSSR count). The lowest BCUT2D eigenvalue weighted by Gasteiger charge is -2.37. The minimum atomic E-state index is 0.0269. The van der Waals surface area contributed by atoms with E-state index < -0.39 is 0 Å². The Balaban J connectivity index is 1.34. The topological polar surface area (TPSA) is 35.5 Å². The van der Waals surface area contributed by atoms with E-state index in [-0.39, 0.29) is 11.9 Å². The second-order valence-corrected chi connectivity index (χ2v) is 8.80. The molecular weight excluding hydrogens is 348 g/mol. The molecule has 2 saturated carbocycles. The smallest absolute Gasteiger partial charge is 0.308 e. The van der Waals surface area contributed by atoms with Gasteiger partial charge in [-0.25, -0.2) is 0 Å². The van der Waals surface area contributed by atoms with E-state index in [4.69, 9.17) is 9.47 Å². The number of ether oxygens (including phenoxy) is 2. The average Bonchev–Trinajstić information content (AvgIpc) is 2.75. The standard InChI is InChI=1S/C25H38O3/c1-3-19-5-9-21(10-6-19)22-11-13-23(14-12-22)25(26)28-18-17-20-7-15-24(16-8-20)27-4-2/h7-8,15-16,19,21-23H,3-6,9-14,17-18H2,1-2H3/t19-,21-,22?,23?. The molecule has 2 aliphatic carbocycles. The summed E-state index contributed by atoms with van der Waals surface area (Å²) in [5.41, 5.74) is 1.18. The van der Waals surface area contributed by atoms with Gasteiger partial charge in [0.1, 0.15) is 5.75 Å². The molecule has 0 spiro atoms. The lowest BCUT2D eigenvalue weighted by molar-refractivity contribution is -0.150. The number of esters is 1. The van der Waals surface area contributed by atoms with E-state index in [2.05, 4.69) is 19.1 Å². The summed E-state index contributed by atoms with van der Waals surface area (Å²) in [4.78, 5) is 12.5. The predicted molar refractivity (Wildman–Crippen MR) is 113 cm³/mol. The van der Waals surface area contributed by atoms with Crippen LogP contribution in [-0.2, 0) is 16.0 Å². The van der Waals surface area contributed by atoms with Crippen molar-refractivity contribution in [2.45, 2.75) is 78.1 Å². The summed E-state index contributed by atoms with van der Waals surface area (Å²) in [7, 11) is 0. The summed E-state index contributed by atoms with van der Waals surface area (Å²) in [6.07, 6.45) is 12.3. The molecule has 28 heavy (non-hydrogen) atoms. The van der Waals surface area contributed by atoms with Crippen molar-refractivity contribution < 1.29 is 14.3 Å². The highest BCUT2D eigenvalue weighted by Crippen LogP contribution is 2.42. The van der Waals surface area contributed by atoms with E-state index in [9.17, 15) is 4.79 Å². The van der Waals surface area contributed by atoms with Gasteiger partial charge in [0.2, 0.25) is 0 Å². The average molecular weight is 387 g/mol. The summed E-state index contributed by atoms with van der Waals surface area (Å²) in [5, 5.41) is 0. The number of carbonyl (C=O) groups excluding carboxylic acids is 1. The van der Waals surface area contributed by atoms with Crippen LogP contribution in [0, 0.1) is 23.7 Å². The zero-order valence-corrected chi connectivity index (χ0v) is 17.8. The molecule has 2 aliphatic rings. The van der Waals surface area contributed by atoms with Gasteiger partial charge in [0, 0.05) is 6.42 Å². The van der Waals surface area contributed by atoms with Crippen molar-refractivity contribution in [1.82, 2.24) is 0 Å².